The molecular weight excluding hydrogens is 1090 g/mol. The maximum Gasteiger partial charge on any atom is 0.343 e. The van der Waals surface area contributed by atoms with Crippen molar-refractivity contribution < 1.29 is 62.2 Å². The van der Waals surface area contributed by atoms with E-state index >= 15 is 4.39 Å². The molecule has 0 bridgehead atoms. The van der Waals surface area contributed by atoms with Crippen LogP contribution in [0.3, 0.4) is 0 Å². The van der Waals surface area contributed by atoms with Crippen LogP contribution in [0.5, 0.6) is 0 Å². The number of aliphatic hydroxyl groups is 1. The molecule has 0 spiro atoms. The number of nitrogens with one attached hydrogen (secondary N) is 4. The van der Waals surface area contributed by atoms with Crippen molar-refractivity contribution in [3.8, 4) is 11.4 Å². The number of aryl methyl sites for hydroxylation is 1. The van der Waals surface area contributed by atoms with E-state index in [2.05, 4.69) is 21.3 Å². The van der Waals surface area contributed by atoms with Gasteiger partial charge in [0.05, 0.1) is 52.9 Å². The third kappa shape index (κ3) is 13.3. The molecule has 9 rings (SSSR count). The molecule has 1 saturated carbocycles. The molecule has 2 aromatic heterocycles. The van der Waals surface area contributed by atoms with Crippen molar-refractivity contribution in [1.29, 1.82) is 0 Å². The number of rotatable bonds is 25. The Labute approximate surface area is 483 Å². The first-order chi connectivity index (χ1) is 39.7. The zero-order valence-corrected chi connectivity index (χ0v) is 47.8. The predicted molar refractivity (Wildman–Crippen MR) is 303 cm³/mol. The number of fused-ring (bicyclic) bond motifs is 5. The minimum absolute atomic E-state index is 0.00639. The summed E-state index contributed by atoms with van der Waals surface area (Å²) < 4.78 is 22.2. The number of imide groups is 1. The van der Waals surface area contributed by atoms with Crippen LogP contribution >= 0.6 is 11.8 Å². The van der Waals surface area contributed by atoms with Gasteiger partial charge in [-0.05, 0) is 106 Å². The molecule has 3 aliphatic heterocycles. The quantitative estimate of drug-likeness (QED) is 0.0300. The molecule has 2 aromatic carbocycles. The average molecular weight is 1160 g/mol. The van der Waals surface area contributed by atoms with Gasteiger partial charge in [-0.2, -0.15) is 0 Å². The number of ketones is 3. The van der Waals surface area contributed by atoms with Crippen LogP contribution in [-0.2, 0) is 84.3 Å². The monoisotopic (exact) mass is 1160 g/mol. The summed E-state index contributed by atoms with van der Waals surface area (Å²) >= 11 is 1.22. The highest BCUT2D eigenvalue weighted by Crippen LogP contribution is 2.46. The number of carbonyl (C=O) groups is 10. The largest absolute Gasteiger partial charge is 0.458 e. The SMILES string of the molecule is CC[C@@]1(O)C(=O)OCc2c1cc1n(c2=O)Cc2c-1nc1cc(F)c(C)c3c1c2[C@@H](NC(=O)CCCNC(=O)CCC(=O)C(Cc1ccccc1)NC(=O)CCC(=O)CNC(=O)CCSC1CC(=O)N(CC2CCC(C(C)=O)CC2)C1=O)CC3. The Kier molecular flexibility index (Phi) is 18.8. The van der Waals surface area contributed by atoms with Crippen LogP contribution in [0.25, 0.3) is 22.3 Å². The third-order valence-corrected chi connectivity index (χ3v) is 18.3. The topological polar surface area (TPSA) is 286 Å². The lowest BCUT2D eigenvalue weighted by Gasteiger charge is -2.31. The number of hydrogen-bond acceptors (Lipinski definition) is 15. The predicted octanol–water partition coefficient (Wildman–Crippen LogP) is 4.72. The number of pyridine rings is 2. The number of thioether (sulfide) groups is 1. The summed E-state index contributed by atoms with van der Waals surface area (Å²) in [6.07, 6.45) is 3.54. The molecule has 6 amide bonds. The van der Waals surface area contributed by atoms with Crippen molar-refractivity contribution in [3.63, 3.8) is 0 Å². The van der Waals surface area contributed by atoms with E-state index in [1.165, 1.54) is 27.3 Å². The zero-order valence-electron chi connectivity index (χ0n) is 47.0. The maximum atomic E-state index is 15.4. The van der Waals surface area contributed by atoms with E-state index in [1.54, 1.807) is 51.1 Å². The Morgan fingerprint density at radius 1 is 0.867 bits per heavy atom. The molecule has 4 aromatic rings. The Hall–Kier alpha value is -7.46. The highest BCUT2D eigenvalue weighted by molar-refractivity contribution is 8.00. The first kappa shape index (κ1) is 60.1. The zero-order chi connectivity index (χ0) is 59.3. The number of ether oxygens (including phenoxy) is 1. The summed E-state index contributed by atoms with van der Waals surface area (Å²) in [4.78, 5) is 149. The van der Waals surface area contributed by atoms with E-state index in [0.29, 0.717) is 58.4 Å². The molecule has 2 fully saturated rings. The molecule has 0 radical (unpaired) electrons. The van der Waals surface area contributed by atoms with Crippen molar-refractivity contribution in [2.45, 2.75) is 160 Å². The second-order valence-corrected chi connectivity index (χ2v) is 23.8. The van der Waals surface area contributed by atoms with E-state index in [1.807, 2.05) is 6.07 Å². The molecule has 83 heavy (non-hydrogen) atoms. The molecule has 20 nitrogen and oxygen atoms in total. The molecule has 1 saturated heterocycles. The van der Waals surface area contributed by atoms with Crippen LogP contribution in [0.1, 0.15) is 149 Å². The number of benzene rings is 2. The first-order valence-electron chi connectivity index (χ1n) is 28.7. The number of hydrogen-bond donors (Lipinski definition) is 5. The van der Waals surface area contributed by atoms with Gasteiger partial charge in [0.15, 0.2) is 17.2 Å². The van der Waals surface area contributed by atoms with E-state index in [0.717, 1.165) is 36.8 Å². The van der Waals surface area contributed by atoms with Gasteiger partial charge in [-0.1, -0.05) is 37.3 Å². The Balaban J connectivity index is 0.713. The maximum absolute atomic E-state index is 15.4. The smallest absolute Gasteiger partial charge is 0.343 e. The molecule has 2 aliphatic carbocycles. The fourth-order valence-electron chi connectivity index (χ4n) is 12.2. The summed E-state index contributed by atoms with van der Waals surface area (Å²) in [6, 6.07) is 10.4. The van der Waals surface area contributed by atoms with Gasteiger partial charge < -0.3 is 35.7 Å². The summed E-state index contributed by atoms with van der Waals surface area (Å²) in [5.74, 6) is -3.73. The number of Topliss-reactive ketones (excluding diaryl/α,β-unsaturated/α-hetero) is 3. The molecule has 440 valence electrons. The van der Waals surface area contributed by atoms with Crippen LogP contribution in [0.4, 0.5) is 4.39 Å². The summed E-state index contributed by atoms with van der Waals surface area (Å²) in [6.45, 7) is 4.82. The molecule has 4 atom stereocenters. The highest BCUT2D eigenvalue weighted by atomic mass is 32.2. The lowest BCUT2D eigenvalue weighted by Crippen LogP contribution is -2.44. The van der Waals surface area contributed by atoms with Gasteiger partial charge >= 0.3 is 5.97 Å². The van der Waals surface area contributed by atoms with Gasteiger partial charge in [-0.25, -0.2) is 14.2 Å². The van der Waals surface area contributed by atoms with Crippen molar-refractivity contribution in [2.24, 2.45) is 11.8 Å². The first-order valence-corrected chi connectivity index (χ1v) is 29.8. The van der Waals surface area contributed by atoms with Crippen LogP contribution < -0.4 is 26.8 Å². The fraction of sp³-hybridized carbons (Fsp3) is 0.508. The van der Waals surface area contributed by atoms with E-state index in [-0.39, 0.29) is 143 Å². The Bertz CT molecular complexity index is 3360. The van der Waals surface area contributed by atoms with Crippen LogP contribution in [0.2, 0.25) is 0 Å². The standard InChI is InChI=1S/C61H70FN7O13S/c1-4-61(81)42-26-47-57-40(31-68(47)58(78)41(42)32-82-60(61)80)56-44(18-17-39-33(2)43(62)27-46(67-57)55(39)56)65-52(75)11-8-23-63-50(73)21-19-48(72)45(25-35-9-6-5-7-10-35)66-53(76)20-16-38(71)29-64-51(74)22-24-83-49-28-54(77)69(59(49)79)30-36-12-14-37(15-13-36)34(3)70/h5-7,9-10,26-27,36-37,44-45,49,81H,4,8,11-25,28-32H2,1-3H3,(H,63,73)(H,64,74)(H,65,75)(H,66,76)/t36?,37?,44-,45?,49?,61-/m0/s1. The van der Waals surface area contributed by atoms with Crippen LogP contribution in [-0.4, -0.2) is 115 Å². The van der Waals surface area contributed by atoms with Gasteiger partial charge in [0.25, 0.3) is 5.56 Å². The number of likely N-dealkylation sites (tertiary alicyclic amines) is 1. The van der Waals surface area contributed by atoms with Gasteiger partial charge in [-0.15, -0.1) is 11.8 Å². The number of cyclic esters (lactones) is 1. The molecule has 5 aliphatic rings. The summed E-state index contributed by atoms with van der Waals surface area (Å²) in [7, 11) is 0. The second kappa shape index (κ2) is 26.0. The lowest BCUT2D eigenvalue weighted by atomic mass is 9.80. The Morgan fingerprint density at radius 3 is 2.34 bits per heavy atom. The number of esters is 1. The number of amides is 6. The lowest BCUT2D eigenvalue weighted by molar-refractivity contribution is -0.172. The molecule has 22 heteroatoms. The normalized spacial score (nSPS) is 20.9. The highest BCUT2D eigenvalue weighted by Gasteiger charge is 2.46. The van der Waals surface area contributed by atoms with Gasteiger partial charge in [0.1, 0.15) is 18.2 Å². The van der Waals surface area contributed by atoms with E-state index < -0.39 is 69.6 Å². The minimum atomic E-state index is -2.04. The summed E-state index contributed by atoms with van der Waals surface area (Å²) in [5, 5.41) is 22.7. The molecule has 2 unspecified atom stereocenters. The van der Waals surface area contributed by atoms with Gasteiger partial charge in [-0.3, -0.25) is 52.8 Å². The molecule has 5 heterocycles. The number of nitrogens with zero attached hydrogens (tertiary/aromatic N) is 3. The Morgan fingerprint density at radius 2 is 1.60 bits per heavy atom. The van der Waals surface area contributed by atoms with Crippen molar-refractivity contribution in [1.82, 2.24) is 35.7 Å². The van der Waals surface area contributed by atoms with Crippen LogP contribution in [0, 0.1) is 24.6 Å². The van der Waals surface area contributed by atoms with Crippen molar-refractivity contribution in [2.75, 3.05) is 25.4 Å². The van der Waals surface area contributed by atoms with E-state index in [9.17, 15) is 57.8 Å². The summed E-state index contributed by atoms with van der Waals surface area (Å²) in [5.41, 5.74) is 2.26. The number of carbonyl (C=O) groups excluding carboxylic acids is 10. The van der Waals surface area contributed by atoms with Crippen molar-refractivity contribution >= 4 is 81.4 Å². The third-order valence-electron chi connectivity index (χ3n) is 17.0. The van der Waals surface area contributed by atoms with Gasteiger partial charge in [0.2, 0.25) is 35.4 Å². The molecule has 5 N–H and O–H groups in total. The minimum Gasteiger partial charge on any atom is -0.458 e. The number of halogens is 1. The average Bonchev–Trinajstić information content (AvgIpc) is 1.81. The van der Waals surface area contributed by atoms with Crippen LogP contribution in [0.15, 0.2) is 47.3 Å². The number of aromatic nitrogens is 2. The van der Waals surface area contributed by atoms with Crippen molar-refractivity contribution in [3.05, 3.63) is 97.6 Å². The fourth-order valence-corrected chi connectivity index (χ4v) is 13.3. The second-order valence-electron chi connectivity index (χ2n) is 22.5. The molecular formula is C61H70FN7O13S. The van der Waals surface area contributed by atoms with E-state index in [4.69, 9.17) is 9.72 Å². The van der Waals surface area contributed by atoms with Gasteiger partial charge in [0, 0.05) is 92.3 Å².